The summed E-state index contributed by atoms with van der Waals surface area (Å²) in [4.78, 5) is 93.5. The first-order valence-corrected chi connectivity index (χ1v) is 25.8. The topological polar surface area (TPSA) is 201 Å². The quantitative estimate of drug-likeness (QED) is 0.0421. The SMILES string of the molecule is CCc1cccc(N(CC)C(=O)Cn2c(C(=O)NC3CCC(C(=O)NCCCCCCNC(=O)c4ccc5c(c4)C4(OC5=O)c5ccc(OC(C)=O)cc5Oc5cc(OC(C)=O)ccc54)CC3)cc3ccccc32)c1. The lowest BCUT2D eigenvalue weighted by atomic mass is 9.77. The molecule has 1 spiro atoms. The third kappa shape index (κ3) is 11.0. The van der Waals surface area contributed by atoms with Crippen LogP contribution in [0, 0.1) is 5.92 Å². The predicted octanol–water partition coefficient (Wildman–Crippen LogP) is 9.07. The summed E-state index contributed by atoms with van der Waals surface area (Å²) in [7, 11) is 0. The zero-order valence-corrected chi connectivity index (χ0v) is 42.6. The number of aryl methyl sites for hydroxylation is 1. The van der Waals surface area contributed by atoms with E-state index in [2.05, 4.69) is 22.9 Å². The van der Waals surface area contributed by atoms with Gasteiger partial charge in [0.2, 0.25) is 11.8 Å². The molecule has 16 nitrogen and oxygen atoms in total. The van der Waals surface area contributed by atoms with Crippen molar-refractivity contribution >= 4 is 58.1 Å². The summed E-state index contributed by atoms with van der Waals surface area (Å²) >= 11 is 0. The van der Waals surface area contributed by atoms with Gasteiger partial charge >= 0.3 is 17.9 Å². The zero-order valence-electron chi connectivity index (χ0n) is 42.6. The number of rotatable bonds is 18. The Hall–Kier alpha value is -8.27. The second-order valence-corrected chi connectivity index (χ2v) is 19.3. The summed E-state index contributed by atoms with van der Waals surface area (Å²) in [6.07, 6.45) is 6.66. The first-order chi connectivity index (χ1) is 36.3. The highest BCUT2D eigenvalue weighted by Crippen LogP contribution is 2.57. The van der Waals surface area contributed by atoms with E-state index in [1.165, 1.54) is 26.0 Å². The Morgan fingerprint density at radius 2 is 1.36 bits per heavy atom. The van der Waals surface area contributed by atoms with Gasteiger partial charge in [0.1, 0.15) is 35.2 Å². The van der Waals surface area contributed by atoms with Crippen molar-refractivity contribution in [2.45, 2.75) is 104 Å². The Labute approximate surface area is 435 Å². The average Bonchev–Trinajstić information content (AvgIpc) is 3.95. The molecule has 16 heteroatoms. The number of carbonyl (C=O) groups is 7. The van der Waals surface area contributed by atoms with Crippen LogP contribution in [0.2, 0.25) is 0 Å². The van der Waals surface area contributed by atoms with Crippen molar-refractivity contribution in [3.8, 4) is 23.0 Å². The Morgan fingerprint density at radius 1 is 0.693 bits per heavy atom. The second kappa shape index (κ2) is 22.5. The lowest BCUT2D eigenvalue weighted by molar-refractivity contribution is -0.132. The molecule has 6 aromatic rings. The van der Waals surface area contributed by atoms with Crippen molar-refractivity contribution in [1.82, 2.24) is 20.5 Å². The fourth-order valence-corrected chi connectivity index (χ4v) is 10.5. The van der Waals surface area contributed by atoms with Crippen LogP contribution in [0.25, 0.3) is 10.9 Å². The molecule has 2 aliphatic heterocycles. The first-order valence-electron chi connectivity index (χ1n) is 25.8. The fraction of sp³-hybridized carbons (Fsp3) is 0.339. The minimum atomic E-state index is -1.55. The van der Waals surface area contributed by atoms with Crippen molar-refractivity contribution in [1.29, 1.82) is 0 Å². The van der Waals surface area contributed by atoms with Crippen LogP contribution in [0.15, 0.2) is 109 Å². The van der Waals surface area contributed by atoms with Crippen LogP contribution < -0.4 is 35.1 Å². The standard InChI is InChI=1S/C59H61N5O11/c1-5-38-14-13-16-43(30-38)63(6-2)54(67)35-64-50-17-10-9-15-40(50)32-51(64)57(70)62-42-21-18-39(19-22-42)55(68)60-28-11-7-8-12-29-61-56(69)41-20-25-46-49(31-41)59(75-58(46)71)47-26-23-44(72-36(3)65)33-52(47)74-53-34-45(73-37(4)66)24-27-48(53)59/h9-10,13-17,20,23-27,30-34,39,42H,5-8,11-12,18-19,21-22,28-29,35H2,1-4H3,(H,60,68)(H,61,69)(H,62,70). The van der Waals surface area contributed by atoms with Crippen LogP contribution in [0.3, 0.4) is 0 Å². The second-order valence-electron chi connectivity index (χ2n) is 19.3. The number of hydrogen-bond donors (Lipinski definition) is 3. The number of carbonyl (C=O) groups excluding carboxylic acids is 7. The van der Waals surface area contributed by atoms with Gasteiger partial charge in [0.15, 0.2) is 5.60 Å². The molecule has 388 valence electrons. The Bertz CT molecular complexity index is 3140. The number of nitrogens with one attached hydrogen (secondary N) is 3. The van der Waals surface area contributed by atoms with Gasteiger partial charge in [-0.2, -0.15) is 0 Å². The van der Waals surface area contributed by atoms with Crippen molar-refractivity contribution in [2.24, 2.45) is 5.92 Å². The molecule has 1 aromatic heterocycles. The third-order valence-corrected chi connectivity index (χ3v) is 14.2. The van der Waals surface area contributed by atoms with E-state index in [1.54, 1.807) is 47.4 Å². The molecule has 3 N–H and O–H groups in total. The molecule has 0 radical (unpaired) electrons. The summed E-state index contributed by atoms with van der Waals surface area (Å²) in [6.45, 7) is 8.04. The van der Waals surface area contributed by atoms with Gasteiger partial charge in [0.05, 0.1) is 5.56 Å². The monoisotopic (exact) mass is 1020 g/mol. The molecule has 75 heavy (non-hydrogen) atoms. The number of amides is 4. The van der Waals surface area contributed by atoms with Crippen LogP contribution in [0.1, 0.15) is 133 Å². The van der Waals surface area contributed by atoms with Crippen LogP contribution >= 0.6 is 0 Å². The van der Waals surface area contributed by atoms with Crippen LogP contribution in [0.5, 0.6) is 23.0 Å². The summed E-state index contributed by atoms with van der Waals surface area (Å²) in [5.41, 5.74) is 3.56. The van der Waals surface area contributed by atoms with E-state index >= 15 is 0 Å². The van der Waals surface area contributed by atoms with Gasteiger partial charge in [0, 0.05) is 96.4 Å². The molecule has 0 saturated heterocycles. The number of hydrogen-bond acceptors (Lipinski definition) is 11. The molecule has 1 fully saturated rings. The molecule has 0 atom stereocenters. The van der Waals surface area contributed by atoms with Crippen LogP contribution in [-0.2, 0) is 42.5 Å². The molecule has 3 aliphatic rings. The Balaban J connectivity index is 0.734. The zero-order chi connectivity index (χ0) is 52.8. The van der Waals surface area contributed by atoms with Crippen molar-refractivity contribution in [2.75, 3.05) is 24.5 Å². The number of para-hydroxylation sites is 1. The van der Waals surface area contributed by atoms with Crippen molar-refractivity contribution in [3.05, 3.63) is 148 Å². The van der Waals surface area contributed by atoms with Crippen molar-refractivity contribution < 1.29 is 52.5 Å². The normalized spacial score (nSPS) is 15.9. The maximum Gasteiger partial charge on any atom is 0.340 e. The summed E-state index contributed by atoms with van der Waals surface area (Å²) in [5.74, 6) is -1.60. The van der Waals surface area contributed by atoms with Crippen LogP contribution in [-0.4, -0.2) is 71.8 Å². The largest absolute Gasteiger partial charge is 0.456 e. The molecule has 1 aliphatic carbocycles. The van der Waals surface area contributed by atoms with Crippen LogP contribution in [0.4, 0.5) is 5.69 Å². The molecular weight excluding hydrogens is 955 g/mol. The fourth-order valence-electron chi connectivity index (χ4n) is 10.5. The minimum absolute atomic E-state index is 0.0151. The molecule has 5 aromatic carbocycles. The highest BCUT2D eigenvalue weighted by Gasteiger charge is 2.54. The molecule has 1 saturated carbocycles. The van der Waals surface area contributed by atoms with E-state index in [0.717, 1.165) is 47.8 Å². The van der Waals surface area contributed by atoms with Gasteiger partial charge in [-0.1, -0.05) is 50.1 Å². The van der Waals surface area contributed by atoms with E-state index in [1.807, 2.05) is 66.1 Å². The maximum absolute atomic E-state index is 13.9. The third-order valence-electron chi connectivity index (χ3n) is 14.2. The highest BCUT2D eigenvalue weighted by atomic mass is 16.6. The molecule has 9 rings (SSSR count). The summed E-state index contributed by atoms with van der Waals surface area (Å²) in [5, 5.41) is 10.2. The number of benzene rings is 5. The van der Waals surface area contributed by atoms with Gasteiger partial charge in [-0.3, -0.25) is 28.8 Å². The number of ether oxygens (including phenoxy) is 4. The smallest absolute Gasteiger partial charge is 0.340 e. The molecule has 0 unspecified atom stereocenters. The molecular formula is C59H61N5O11. The van der Waals surface area contributed by atoms with E-state index in [-0.39, 0.29) is 70.7 Å². The molecule has 3 heterocycles. The number of anilines is 1. The average molecular weight is 1020 g/mol. The minimum Gasteiger partial charge on any atom is -0.456 e. The molecule has 0 bridgehead atoms. The van der Waals surface area contributed by atoms with Gasteiger partial charge in [-0.25, -0.2) is 4.79 Å². The molecule has 4 amide bonds. The number of esters is 3. The van der Waals surface area contributed by atoms with Gasteiger partial charge in [-0.05, 0) is 124 Å². The van der Waals surface area contributed by atoms with Crippen molar-refractivity contribution in [3.63, 3.8) is 0 Å². The Kier molecular flexibility index (Phi) is 15.5. The van der Waals surface area contributed by atoms with E-state index < -0.39 is 23.5 Å². The number of aromatic nitrogens is 1. The predicted molar refractivity (Wildman–Crippen MR) is 280 cm³/mol. The lowest BCUT2D eigenvalue weighted by Gasteiger charge is -2.36. The number of fused-ring (bicyclic) bond motifs is 7. The lowest BCUT2D eigenvalue weighted by Crippen LogP contribution is -2.42. The van der Waals surface area contributed by atoms with Gasteiger partial charge in [0.25, 0.3) is 11.8 Å². The Morgan fingerprint density at radius 3 is 2.01 bits per heavy atom. The number of likely N-dealkylation sites (N-methyl/N-ethyl adjacent to an activating group) is 1. The highest BCUT2D eigenvalue weighted by molar-refractivity contribution is 6.02. The van der Waals surface area contributed by atoms with Gasteiger partial charge < -0.3 is 44.4 Å². The number of unbranched alkanes of at least 4 members (excludes halogenated alkanes) is 3. The first kappa shape index (κ1) is 51.6. The van der Waals surface area contributed by atoms with E-state index in [4.69, 9.17) is 18.9 Å². The summed E-state index contributed by atoms with van der Waals surface area (Å²) in [6, 6.07) is 31.7. The number of nitrogens with zero attached hydrogens (tertiary/aromatic N) is 2. The van der Waals surface area contributed by atoms with E-state index in [0.29, 0.717) is 79.7 Å². The summed E-state index contributed by atoms with van der Waals surface area (Å²) < 4.78 is 24.9. The van der Waals surface area contributed by atoms with E-state index in [9.17, 15) is 33.6 Å². The van der Waals surface area contributed by atoms with Gasteiger partial charge in [-0.15, -0.1) is 0 Å². The maximum atomic E-state index is 13.9.